The minimum absolute atomic E-state index is 0.466. The van der Waals surface area contributed by atoms with Crippen LogP contribution in [0.5, 0.6) is 0 Å². The van der Waals surface area contributed by atoms with Gasteiger partial charge in [-0.1, -0.05) is 12.8 Å². The number of aromatic nitrogens is 2. The third-order valence-corrected chi connectivity index (χ3v) is 5.48. The van der Waals surface area contributed by atoms with Crippen LogP contribution in [0.15, 0.2) is 0 Å². The van der Waals surface area contributed by atoms with E-state index in [1.165, 1.54) is 43.4 Å². The van der Waals surface area contributed by atoms with Gasteiger partial charge in [0.05, 0.1) is 5.69 Å². The second kappa shape index (κ2) is 5.44. The van der Waals surface area contributed by atoms with E-state index in [0.717, 1.165) is 44.3 Å². The lowest BCUT2D eigenvalue weighted by Gasteiger charge is -2.38. The number of hydrogen-bond acceptors (Lipinski definition) is 5. The number of piperazine rings is 1. The van der Waals surface area contributed by atoms with E-state index in [1.54, 1.807) is 0 Å². The van der Waals surface area contributed by atoms with Crippen molar-refractivity contribution >= 4 is 11.8 Å². The van der Waals surface area contributed by atoms with E-state index >= 15 is 0 Å². The summed E-state index contributed by atoms with van der Waals surface area (Å²) >= 11 is 0. The number of nitrogens with one attached hydrogen (secondary N) is 1. The van der Waals surface area contributed by atoms with Crippen molar-refractivity contribution in [3.63, 3.8) is 0 Å². The molecule has 2 unspecified atom stereocenters. The summed E-state index contributed by atoms with van der Waals surface area (Å²) in [4.78, 5) is 11.7. The van der Waals surface area contributed by atoms with Gasteiger partial charge in [0.15, 0.2) is 0 Å². The lowest BCUT2D eigenvalue weighted by Crippen LogP contribution is -2.44. The number of anilines is 2. The van der Waals surface area contributed by atoms with Gasteiger partial charge in [-0.25, -0.2) is 4.98 Å². The van der Waals surface area contributed by atoms with Crippen LogP contribution in [0.3, 0.4) is 0 Å². The predicted molar refractivity (Wildman–Crippen MR) is 84.5 cm³/mol. The zero-order valence-electron chi connectivity index (χ0n) is 12.6. The Morgan fingerprint density at radius 3 is 2.71 bits per heavy atom. The largest absolute Gasteiger partial charge is 0.368 e. The van der Waals surface area contributed by atoms with Crippen molar-refractivity contribution in [1.29, 1.82) is 0 Å². The standard InChI is InChI=1S/C16H25N5/c17-16-19-14-12-4-2-1-3-11(12)5-6-13(14)15(20-16)21-9-7-18-8-10-21/h11-12,18H,1-10H2,(H2,17,19,20). The molecule has 2 fully saturated rings. The molecule has 2 aliphatic carbocycles. The van der Waals surface area contributed by atoms with Gasteiger partial charge in [-0.3, -0.25) is 0 Å². The molecule has 1 aromatic heterocycles. The average molecular weight is 287 g/mol. The highest BCUT2D eigenvalue weighted by molar-refractivity contribution is 5.54. The maximum Gasteiger partial charge on any atom is 0.222 e. The molecule has 5 heteroatoms. The summed E-state index contributed by atoms with van der Waals surface area (Å²) in [5.74, 6) is 3.06. The number of hydrogen-bond donors (Lipinski definition) is 2. The molecule has 1 saturated heterocycles. The first-order valence-electron chi connectivity index (χ1n) is 8.45. The van der Waals surface area contributed by atoms with Crippen LogP contribution in [-0.4, -0.2) is 36.1 Å². The predicted octanol–water partition coefficient (Wildman–Crippen LogP) is 1.69. The molecule has 0 amide bonds. The molecule has 1 saturated carbocycles. The lowest BCUT2D eigenvalue weighted by atomic mass is 9.70. The van der Waals surface area contributed by atoms with Gasteiger partial charge in [-0.15, -0.1) is 0 Å². The van der Waals surface area contributed by atoms with Crippen molar-refractivity contribution in [2.45, 2.75) is 44.4 Å². The van der Waals surface area contributed by atoms with Crippen molar-refractivity contribution in [3.8, 4) is 0 Å². The summed E-state index contributed by atoms with van der Waals surface area (Å²) in [5, 5.41) is 3.41. The fourth-order valence-electron chi connectivity index (χ4n) is 4.43. The highest BCUT2D eigenvalue weighted by Gasteiger charge is 2.35. The normalized spacial score (nSPS) is 28.9. The van der Waals surface area contributed by atoms with Crippen molar-refractivity contribution < 1.29 is 0 Å². The molecule has 0 spiro atoms. The Hall–Kier alpha value is -1.36. The second-order valence-electron chi connectivity index (χ2n) is 6.70. The summed E-state index contributed by atoms with van der Waals surface area (Å²) in [6.45, 7) is 4.11. The minimum Gasteiger partial charge on any atom is -0.368 e. The Balaban J connectivity index is 1.74. The average Bonchev–Trinajstić information content (AvgIpc) is 2.55. The van der Waals surface area contributed by atoms with Gasteiger partial charge >= 0.3 is 0 Å². The van der Waals surface area contributed by atoms with Gasteiger partial charge in [0.2, 0.25) is 5.95 Å². The maximum absolute atomic E-state index is 6.05. The van der Waals surface area contributed by atoms with E-state index in [9.17, 15) is 0 Å². The molecule has 2 atom stereocenters. The van der Waals surface area contributed by atoms with Crippen molar-refractivity contribution in [1.82, 2.24) is 15.3 Å². The van der Waals surface area contributed by atoms with Gasteiger partial charge in [-0.2, -0.15) is 4.98 Å². The molecule has 3 aliphatic rings. The first-order chi connectivity index (χ1) is 10.3. The Morgan fingerprint density at radius 2 is 1.86 bits per heavy atom. The minimum atomic E-state index is 0.466. The SMILES string of the molecule is Nc1nc2c(c(N3CCNCC3)n1)CCC1CCCCC21. The second-order valence-corrected chi connectivity index (χ2v) is 6.70. The van der Waals surface area contributed by atoms with Crippen LogP contribution >= 0.6 is 0 Å². The molecular formula is C16H25N5. The van der Waals surface area contributed by atoms with Gasteiger partial charge in [-0.05, 0) is 31.6 Å². The Labute approximate surface area is 126 Å². The topological polar surface area (TPSA) is 67.1 Å². The van der Waals surface area contributed by atoms with Crippen LogP contribution in [0.25, 0.3) is 0 Å². The Morgan fingerprint density at radius 1 is 1.05 bits per heavy atom. The smallest absolute Gasteiger partial charge is 0.222 e. The molecule has 21 heavy (non-hydrogen) atoms. The van der Waals surface area contributed by atoms with E-state index in [2.05, 4.69) is 20.2 Å². The summed E-state index contributed by atoms with van der Waals surface area (Å²) in [6, 6.07) is 0. The fourth-order valence-corrected chi connectivity index (χ4v) is 4.43. The summed E-state index contributed by atoms with van der Waals surface area (Å²) in [7, 11) is 0. The summed E-state index contributed by atoms with van der Waals surface area (Å²) in [5.41, 5.74) is 8.73. The van der Waals surface area contributed by atoms with E-state index in [-0.39, 0.29) is 0 Å². The number of fused-ring (bicyclic) bond motifs is 3. The molecule has 0 aromatic carbocycles. The number of nitrogens with two attached hydrogens (primary N) is 1. The van der Waals surface area contributed by atoms with Gasteiger partial charge in [0, 0.05) is 37.7 Å². The van der Waals surface area contributed by atoms with Crippen LogP contribution in [0.1, 0.15) is 49.3 Å². The van der Waals surface area contributed by atoms with E-state index < -0.39 is 0 Å². The van der Waals surface area contributed by atoms with Gasteiger partial charge < -0.3 is 16.0 Å². The van der Waals surface area contributed by atoms with E-state index in [1.807, 2.05) is 0 Å². The zero-order valence-corrected chi connectivity index (χ0v) is 12.6. The molecular weight excluding hydrogens is 262 g/mol. The van der Waals surface area contributed by atoms with Crippen molar-refractivity contribution in [3.05, 3.63) is 11.3 Å². The first kappa shape index (κ1) is 13.3. The van der Waals surface area contributed by atoms with Crippen LogP contribution in [0.4, 0.5) is 11.8 Å². The Bertz CT molecular complexity index is 506. The monoisotopic (exact) mass is 287 g/mol. The zero-order chi connectivity index (χ0) is 14.2. The third-order valence-electron chi connectivity index (χ3n) is 5.48. The molecule has 2 heterocycles. The number of nitrogen functional groups attached to an aromatic ring is 1. The molecule has 114 valence electrons. The Kier molecular flexibility index (Phi) is 3.45. The quantitative estimate of drug-likeness (QED) is 0.823. The molecule has 5 nitrogen and oxygen atoms in total. The highest BCUT2D eigenvalue weighted by Crippen LogP contribution is 2.46. The van der Waals surface area contributed by atoms with E-state index in [4.69, 9.17) is 5.73 Å². The maximum atomic E-state index is 6.05. The number of rotatable bonds is 1. The fraction of sp³-hybridized carbons (Fsp3) is 0.750. The molecule has 3 N–H and O–H groups in total. The molecule has 4 rings (SSSR count). The first-order valence-corrected chi connectivity index (χ1v) is 8.45. The van der Waals surface area contributed by atoms with Crippen LogP contribution in [0.2, 0.25) is 0 Å². The molecule has 1 aromatic rings. The number of nitrogens with zero attached hydrogens (tertiary/aromatic N) is 3. The van der Waals surface area contributed by atoms with Crippen LogP contribution < -0.4 is 16.0 Å². The highest BCUT2D eigenvalue weighted by atomic mass is 15.2. The van der Waals surface area contributed by atoms with Gasteiger partial charge in [0.1, 0.15) is 5.82 Å². The molecule has 1 aliphatic heterocycles. The summed E-state index contributed by atoms with van der Waals surface area (Å²) in [6.07, 6.45) is 7.83. The van der Waals surface area contributed by atoms with Crippen molar-refractivity contribution in [2.75, 3.05) is 36.8 Å². The summed E-state index contributed by atoms with van der Waals surface area (Å²) < 4.78 is 0. The van der Waals surface area contributed by atoms with Crippen molar-refractivity contribution in [2.24, 2.45) is 5.92 Å². The van der Waals surface area contributed by atoms with E-state index in [0.29, 0.717) is 11.9 Å². The third kappa shape index (κ3) is 2.37. The lowest BCUT2D eigenvalue weighted by molar-refractivity contribution is 0.270. The van der Waals surface area contributed by atoms with Crippen LogP contribution in [-0.2, 0) is 6.42 Å². The molecule has 0 bridgehead atoms. The van der Waals surface area contributed by atoms with Crippen LogP contribution in [0, 0.1) is 5.92 Å². The molecule has 0 radical (unpaired) electrons. The van der Waals surface area contributed by atoms with Gasteiger partial charge in [0.25, 0.3) is 0 Å².